The number of nitrogen functional groups attached to an aromatic ring is 1. The molecule has 0 fully saturated rings. The van der Waals surface area contributed by atoms with Gasteiger partial charge in [-0.25, -0.2) is 9.37 Å². The van der Waals surface area contributed by atoms with Crippen molar-refractivity contribution in [2.75, 3.05) is 17.2 Å². The van der Waals surface area contributed by atoms with Gasteiger partial charge < -0.3 is 26.0 Å². The lowest BCUT2D eigenvalue weighted by atomic mass is 10.1. The molecular weight excluding hydrogens is 533 g/mol. The number of ketones is 1. The molecule has 0 bridgehead atoms. The van der Waals surface area contributed by atoms with E-state index in [1.807, 2.05) is 24.3 Å². The van der Waals surface area contributed by atoms with Crippen LogP contribution in [0.2, 0.25) is 0 Å². The van der Waals surface area contributed by atoms with Gasteiger partial charge in [0.2, 0.25) is 11.7 Å². The Morgan fingerprint density at radius 2 is 1.65 bits per heavy atom. The zero-order chi connectivity index (χ0) is 28.4. The summed E-state index contributed by atoms with van der Waals surface area (Å²) in [6.45, 7) is 2.57. The standard InChI is InChI=1S/C29H26FN5O4S/c1-17(28(32)38)35(22-10-8-21(30)9-11-22)29-33-27(31)26(40-29)25(37)18-6-12-23(13-7-18)39-16-24(36)34-14-19-4-2-3-5-20(19)15-34/h2-13,17H,14-16,31H2,1H3,(H2,32,38). The molecule has 2 heterocycles. The van der Waals surface area contributed by atoms with Gasteiger partial charge in [-0.15, -0.1) is 0 Å². The number of nitrogens with two attached hydrogens (primary N) is 2. The summed E-state index contributed by atoms with van der Waals surface area (Å²) in [5, 5.41) is 0.265. The normalized spacial score (nSPS) is 13.0. The minimum atomic E-state index is -0.840. The van der Waals surface area contributed by atoms with Crippen molar-refractivity contribution >= 4 is 45.6 Å². The number of primary amides is 1. The number of halogens is 1. The molecule has 1 aromatic heterocycles. The Morgan fingerprint density at radius 3 is 2.25 bits per heavy atom. The van der Waals surface area contributed by atoms with E-state index in [4.69, 9.17) is 16.2 Å². The zero-order valence-corrected chi connectivity index (χ0v) is 22.4. The van der Waals surface area contributed by atoms with Crippen molar-refractivity contribution in [3.63, 3.8) is 0 Å². The second-order valence-electron chi connectivity index (χ2n) is 9.30. The van der Waals surface area contributed by atoms with E-state index in [9.17, 15) is 18.8 Å². The van der Waals surface area contributed by atoms with Gasteiger partial charge in [-0.1, -0.05) is 35.6 Å². The fourth-order valence-electron chi connectivity index (χ4n) is 4.39. The van der Waals surface area contributed by atoms with Crippen LogP contribution in [-0.4, -0.2) is 40.1 Å². The average molecular weight is 560 g/mol. The summed E-state index contributed by atoms with van der Waals surface area (Å²) in [6.07, 6.45) is 0. The number of aromatic nitrogens is 1. The van der Waals surface area contributed by atoms with E-state index in [2.05, 4.69) is 4.98 Å². The van der Waals surface area contributed by atoms with Crippen molar-refractivity contribution in [1.82, 2.24) is 9.88 Å². The Kier molecular flexibility index (Phi) is 7.47. The van der Waals surface area contributed by atoms with Gasteiger partial charge in [0.1, 0.15) is 28.3 Å². The quantitative estimate of drug-likeness (QED) is 0.296. The molecule has 0 saturated heterocycles. The minimum absolute atomic E-state index is 0.00804. The van der Waals surface area contributed by atoms with Crippen LogP contribution in [-0.2, 0) is 22.7 Å². The molecule has 11 heteroatoms. The number of amides is 2. The third kappa shape index (κ3) is 5.50. The number of fused-ring (bicyclic) bond motifs is 1. The summed E-state index contributed by atoms with van der Waals surface area (Å²) < 4.78 is 19.2. The molecule has 0 spiro atoms. The lowest BCUT2D eigenvalue weighted by Crippen LogP contribution is -2.39. The zero-order valence-electron chi connectivity index (χ0n) is 21.5. The van der Waals surface area contributed by atoms with Crippen LogP contribution in [0.15, 0.2) is 72.8 Å². The van der Waals surface area contributed by atoms with Gasteiger partial charge in [-0.3, -0.25) is 14.4 Å². The van der Waals surface area contributed by atoms with E-state index in [0.29, 0.717) is 30.1 Å². The average Bonchev–Trinajstić information content (AvgIpc) is 3.56. The van der Waals surface area contributed by atoms with Crippen LogP contribution >= 0.6 is 11.3 Å². The van der Waals surface area contributed by atoms with Crippen molar-refractivity contribution in [2.24, 2.45) is 5.73 Å². The molecule has 4 aromatic rings. The number of benzene rings is 3. The largest absolute Gasteiger partial charge is 0.484 e. The number of carbonyl (C=O) groups excluding carboxylic acids is 3. The molecule has 3 aromatic carbocycles. The van der Waals surface area contributed by atoms with Crippen LogP contribution in [0.1, 0.15) is 33.3 Å². The van der Waals surface area contributed by atoms with E-state index in [0.717, 1.165) is 22.5 Å². The lowest BCUT2D eigenvalue weighted by molar-refractivity contribution is -0.134. The van der Waals surface area contributed by atoms with E-state index in [1.54, 1.807) is 36.1 Å². The molecule has 1 aliphatic rings. The van der Waals surface area contributed by atoms with Crippen LogP contribution < -0.4 is 21.1 Å². The topological polar surface area (TPSA) is 132 Å². The predicted molar refractivity (Wildman–Crippen MR) is 150 cm³/mol. The number of thiazole rings is 1. The maximum absolute atomic E-state index is 13.5. The Hall–Kier alpha value is -4.77. The summed E-state index contributed by atoms with van der Waals surface area (Å²) in [6, 6.07) is 18.9. The second kappa shape index (κ2) is 11.1. The number of anilines is 3. The molecule has 1 atom stereocenters. The van der Waals surface area contributed by atoms with E-state index in [-0.39, 0.29) is 34.1 Å². The number of hydrogen-bond donors (Lipinski definition) is 2. The Balaban J connectivity index is 1.27. The first-order valence-electron chi connectivity index (χ1n) is 12.4. The predicted octanol–water partition coefficient (Wildman–Crippen LogP) is 4.03. The van der Waals surface area contributed by atoms with Gasteiger partial charge >= 0.3 is 0 Å². The molecule has 0 saturated carbocycles. The molecule has 4 N–H and O–H groups in total. The fraction of sp³-hybridized carbons (Fsp3) is 0.172. The summed E-state index contributed by atoms with van der Waals surface area (Å²) in [5.41, 5.74) is 14.7. The van der Waals surface area contributed by atoms with Gasteiger partial charge in [0, 0.05) is 24.3 Å². The molecule has 40 heavy (non-hydrogen) atoms. The third-order valence-corrected chi connectivity index (χ3v) is 7.70. The molecule has 9 nitrogen and oxygen atoms in total. The molecule has 1 unspecified atom stereocenters. The Bertz CT molecular complexity index is 1550. The highest BCUT2D eigenvalue weighted by Crippen LogP contribution is 2.36. The first-order chi connectivity index (χ1) is 19.2. The summed E-state index contributed by atoms with van der Waals surface area (Å²) in [5.74, 6) is -1.14. The van der Waals surface area contributed by atoms with Crippen molar-refractivity contribution in [3.8, 4) is 5.75 Å². The van der Waals surface area contributed by atoms with Gasteiger partial charge in [-0.2, -0.15) is 0 Å². The van der Waals surface area contributed by atoms with E-state index >= 15 is 0 Å². The Morgan fingerprint density at radius 1 is 1.02 bits per heavy atom. The van der Waals surface area contributed by atoms with Crippen molar-refractivity contribution in [1.29, 1.82) is 0 Å². The molecule has 0 radical (unpaired) electrons. The van der Waals surface area contributed by atoms with Crippen molar-refractivity contribution in [3.05, 3.63) is 100 Å². The highest BCUT2D eigenvalue weighted by molar-refractivity contribution is 7.18. The van der Waals surface area contributed by atoms with Gasteiger partial charge in [0.15, 0.2) is 11.7 Å². The SMILES string of the molecule is CC(C(N)=O)N(c1ccc(F)cc1)c1nc(N)c(C(=O)c2ccc(OCC(=O)N3Cc4ccccc4C3)cc2)s1. The van der Waals surface area contributed by atoms with Crippen LogP contribution in [0.5, 0.6) is 5.75 Å². The van der Waals surface area contributed by atoms with E-state index in [1.165, 1.54) is 29.2 Å². The first kappa shape index (κ1) is 26.8. The van der Waals surface area contributed by atoms with Gasteiger partial charge in [0.05, 0.1) is 0 Å². The summed E-state index contributed by atoms with van der Waals surface area (Å²) >= 11 is 1.000. The van der Waals surface area contributed by atoms with Crippen LogP contribution in [0.3, 0.4) is 0 Å². The van der Waals surface area contributed by atoms with Gasteiger partial charge in [-0.05, 0) is 66.6 Å². The van der Waals surface area contributed by atoms with E-state index < -0.39 is 17.8 Å². The number of ether oxygens (including phenoxy) is 1. The molecular formula is C29H26FN5O4S. The molecule has 1 aliphatic heterocycles. The number of carbonyl (C=O) groups is 3. The third-order valence-electron chi connectivity index (χ3n) is 6.63. The number of hydrogen-bond acceptors (Lipinski definition) is 8. The number of nitrogens with zero attached hydrogens (tertiary/aromatic N) is 3. The van der Waals surface area contributed by atoms with Crippen LogP contribution in [0.4, 0.5) is 21.0 Å². The minimum Gasteiger partial charge on any atom is -0.484 e. The number of rotatable bonds is 9. The maximum atomic E-state index is 13.5. The summed E-state index contributed by atoms with van der Waals surface area (Å²) in [7, 11) is 0. The maximum Gasteiger partial charge on any atom is 0.261 e. The second-order valence-corrected chi connectivity index (χ2v) is 10.3. The van der Waals surface area contributed by atoms with Crippen LogP contribution in [0, 0.1) is 5.82 Å². The molecule has 2 amide bonds. The van der Waals surface area contributed by atoms with Crippen molar-refractivity contribution < 1.29 is 23.5 Å². The van der Waals surface area contributed by atoms with Crippen LogP contribution in [0.25, 0.3) is 0 Å². The lowest BCUT2D eigenvalue weighted by Gasteiger charge is -2.26. The monoisotopic (exact) mass is 559 g/mol. The smallest absolute Gasteiger partial charge is 0.261 e. The molecule has 5 rings (SSSR count). The summed E-state index contributed by atoms with van der Waals surface area (Å²) in [4.78, 5) is 45.6. The fourth-order valence-corrected chi connectivity index (χ4v) is 5.44. The Labute approximate surface area is 233 Å². The highest BCUT2D eigenvalue weighted by atomic mass is 32.1. The first-order valence-corrected chi connectivity index (χ1v) is 13.3. The molecule has 204 valence electrons. The highest BCUT2D eigenvalue weighted by Gasteiger charge is 2.28. The molecule has 0 aliphatic carbocycles. The van der Waals surface area contributed by atoms with Gasteiger partial charge in [0.25, 0.3) is 5.91 Å². The van der Waals surface area contributed by atoms with Crippen molar-refractivity contribution in [2.45, 2.75) is 26.1 Å².